The summed E-state index contributed by atoms with van der Waals surface area (Å²) in [4.78, 5) is 12.9. The molecule has 1 saturated heterocycles. The van der Waals surface area contributed by atoms with Gasteiger partial charge in [-0.1, -0.05) is 6.07 Å². The van der Waals surface area contributed by atoms with E-state index < -0.39 is 66.8 Å². The van der Waals surface area contributed by atoms with Crippen LogP contribution in [0.15, 0.2) is 30.3 Å². The molecule has 34 heavy (non-hydrogen) atoms. The molecule has 0 amide bonds. The Morgan fingerprint density at radius 1 is 0.971 bits per heavy atom. The number of ether oxygens (including phenoxy) is 4. The number of phenolic OH excluding ortho intramolecular Hbond substituents is 2. The number of phenols is 2. The minimum Gasteiger partial charge on any atom is -0.504 e. The fourth-order valence-corrected chi connectivity index (χ4v) is 3.88. The van der Waals surface area contributed by atoms with Gasteiger partial charge in [0.1, 0.15) is 47.2 Å². The quantitative estimate of drug-likeness (QED) is 0.257. The molecule has 7 N–H and O–H groups in total. The fourth-order valence-electron chi connectivity index (χ4n) is 3.88. The number of Topliss-reactive ketones (excluding diaryl/α,β-unsaturated/α-hetero) is 1. The summed E-state index contributed by atoms with van der Waals surface area (Å²) in [7, 11) is 1.27. The molecule has 0 unspecified atom stereocenters. The van der Waals surface area contributed by atoms with E-state index in [4.69, 9.17) is 18.9 Å². The van der Waals surface area contributed by atoms with Crippen molar-refractivity contribution >= 4 is 5.78 Å². The number of aliphatic hydroxyl groups excluding tert-OH is 5. The lowest BCUT2D eigenvalue weighted by atomic mass is 9.92. The fraction of sp³-hybridized carbons (Fsp3) is 0.409. The van der Waals surface area contributed by atoms with Crippen LogP contribution < -0.4 is 14.2 Å². The maximum atomic E-state index is 12.9. The Bertz CT molecular complexity index is 1070. The highest BCUT2D eigenvalue weighted by Crippen LogP contribution is 2.44. The molecule has 12 heteroatoms. The van der Waals surface area contributed by atoms with Gasteiger partial charge >= 0.3 is 0 Å². The number of ketones is 1. The molecule has 12 nitrogen and oxygen atoms in total. The standard InChI is InChI=1S/C22H24O12/c1-31-12-5-9(32-22-20(30)18(28)16(26)14(7-23)34-22)6-13-15(12)17(27)19(29)21(33-13)8-2-3-10(24)11(25)4-8/h2-6,14,16,18-26,28-30H,7H2,1H3/t14-,16+,18+,19+,20+,21+,22+/m0/s1. The normalized spacial score (nSPS) is 30.9. The number of aromatic hydroxyl groups is 2. The van der Waals surface area contributed by atoms with Gasteiger partial charge < -0.3 is 54.7 Å². The molecule has 4 rings (SSSR count). The average Bonchev–Trinajstić information content (AvgIpc) is 2.82. The van der Waals surface area contributed by atoms with E-state index in [0.29, 0.717) is 0 Å². The predicted molar refractivity (Wildman–Crippen MR) is 111 cm³/mol. The van der Waals surface area contributed by atoms with Crippen molar-refractivity contribution in [3.8, 4) is 28.7 Å². The van der Waals surface area contributed by atoms with E-state index in [2.05, 4.69) is 0 Å². The lowest BCUT2D eigenvalue weighted by molar-refractivity contribution is -0.277. The van der Waals surface area contributed by atoms with Crippen molar-refractivity contribution in [2.45, 2.75) is 42.9 Å². The van der Waals surface area contributed by atoms with E-state index in [0.717, 1.165) is 6.07 Å². The zero-order valence-corrected chi connectivity index (χ0v) is 17.8. The Kier molecular flexibility index (Phi) is 6.53. The Hall–Kier alpha value is -3.13. The zero-order valence-electron chi connectivity index (χ0n) is 17.8. The number of hydrogen-bond donors (Lipinski definition) is 7. The molecule has 0 aliphatic carbocycles. The number of fused-ring (bicyclic) bond motifs is 1. The van der Waals surface area contributed by atoms with Crippen molar-refractivity contribution in [2.24, 2.45) is 0 Å². The summed E-state index contributed by atoms with van der Waals surface area (Å²) < 4.78 is 22.0. The van der Waals surface area contributed by atoms with Gasteiger partial charge in [-0.25, -0.2) is 0 Å². The minimum absolute atomic E-state index is 0.0172. The zero-order chi connectivity index (χ0) is 24.7. The SMILES string of the molecule is COc1cc(O[C@@H]2O[C@@H](CO)[C@@H](O)[C@@H](O)[C@H]2O)cc2c1C(=O)[C@@H](O)[C@@H](c1ccc(O)c(O)c1)O2. The van der Waals surface area contributed by atoms with E-state index in [-0.39, 0.29) is 28.4 Å². The number of hydrogen-bond acceptors (Lipinski definition) is 12. The third-order valence-corrected chi connectivity index (χ3v) is 5.74. The lowest BCUT2D eigenvalue weighted by Crippen LogP contribution is -2.60. The Morgan fingerprint density at radius 2 is 1.71 bits per heavy atom. The summed E-state index contributed by atoms with van der Waals surface area (Å²) in [6.45, 7) is -0.644. The Balaban J connectivity index is 1.67. The topological polar surface area (TPSA) is 196 Å². The van der Waals surface area contributed by atoms with Gasteiger partial charge in [0, 0.05) is 12.1 Å². The van der Waals surface area contributed by atoms with Gasteiger partial charge in [-0.05, 0) is 17.7 Å². The van der Waals surface area contributed by atoms with E-state index >= 15 is 0 Å². The van der Waals surface area contributed by atoms with E-state index in [1.165, 1.54) is 31.4 Å². The second kappa shape index (κ2) is 9.25. The molecule has 2 heterocycles. The van der Waals surface area contributed by atoms with Crippen molar-refractivity contribution in [1.82, 2.24) is 0 Å². The molecular weight excluding hydrogens is 456 g/mol. The number of benzene rings is 2. The highest BCUT2D eigenvalue weighted by atomic mass is 16.7. The number of carbonyl (C=O) groups is 1. The first-order chi connectivity index (χ1) is 16.2. The number of methoxy groups -OCH3 is 1. The van der Waals surface area contributed by atoms with E-state index in [9.17, 15) is 40.5 Å². The summed E-state index contributed by atoms with van der Waals surface area (Å²) in [5.41, 5.74) is 0.136. The summed E-state index contributed by atoms with van der Waals surface area (Å²) in [6, 6.07) is 6.25. The van der Waals surface area contributed by atoms with Crippen LogP contribution in [0.5, 0.6) is 28.7 Å². The lowest BCUT2D eigenvalue weighted by Gasteiger charge is -2.39. The van der Waals surface area contributed by atoms with Crippen molar-refractivity contribution < 1.29 is 59.5 Å². The van der Waals surface area contributed by atoms with Gasteiger partial charge in [0.25, 0.3) is 0 Å². The van der Waals surface area contributed by atoms with Crippen LogP contribution in [-0.2, 0) is 4.74 Å². The first kappa shape index (κ1) is 24.0. The molecule has 2 aliphatic heterocycles. The highest BCUT2D eigenvalue weighted by molar-refractivity contribution is 6.05. The van der Waals surface area contributed by atoms with Gasteiger partial charge in [0.15, 0.2) is 23.7 Å². The van der Waals surface area contributed by atoms with Crippen molar-refractivity contribution in [2.75, 3.05) is 13.7 Å². The summed E-state index contributed by atoms with van der Waals surface area (Å²) in [5, 5.41) is 69.4. The van der Waals surface area contributed by atoms with Crippen LogP contribution in [0.1, 0.15) is 22.0 Å². The number of carbonyl (C=O) groups excluding carboxylic acids is 1. The van der Waals surface area contributed by atoms with Crippen LogP contribution in [0.2, 0.25) is 0 Å². The van der Waals surface area contributed by atoms with Crippen LogP contribution in [0.4, 0.5) is 0 Å². The maximum Gasteiger partial charge on any atom is 0.229 e. The first-order valence-corrected chi connectivity index (χ1v) is 10.3. The first-order valence-electron chi connectivity index (χ1n) is 10.3. The van der Waals surface area contributed by atoms with Gasteiger partial charge in [-0.3, -0.25) is 4.79 Å². The largest absolute Gasteiger partial charge is 0.504 e. The van der Waals surface area contributed by atoms with Crippen molar-refractivity contribution in [1.29, 1.82) is 0 Å². The Labute approximate surface area is 192 Å². The Morgan fingerprint density at radius 3 is 2.35 bits per heavy atom. The molecule has 1 fully saturated rings. The molecule has 7 atom stereocenters. The molecule has 2 aliphatic rings. The molecule has 184 valence electrons. The van der Waals surface area contributed by atoms with Gasteiger partial charge in [-0.2, -0.15) is 0 Å². The number of aliphatic hydroxyl groups is 5. The molecule has 2 aromatic rings. The molecular formula is C22H24O12. The molecule has 0 bridgehead atoms. The third kappa shape index (κ3) is 4.11. The molecule has 0 radical (unpaired) electrons. The van der Waals surface area contributed by atoms with Crippen molar-refractivity contribution in [3.05, 3.63) is 41.5 Å². The average molecular weight is 480 g/mol. The number of rotatable bonds is 5. The van der Waals surface area contributed by atoms with Crippen LogP contribution in [-0.4, -0.2) is 92.1 Å². The molecule has 0 saturated carbocycles. The molecule has 0 spiro atoms. The summed E-state index contributed by atoms with van der Waals surface area (Å²) in [5.74, 6) is -1.67. The minimum atomic E-state index is -1.67. The second-order valence-electron chi connectivity index (χ2n) is 7.91. The molecule has 2 aromatic carbocycles. The van der Waals surface area contributed by atoms with Crippen LogP contribution in [0.25, 0.3) is 0 Å². The smallest absolute Gasteiger partial charge is 0.229 e. The van der Waals surface area contributed by atoms with Gasteiger partial charge in [-0.15, -0.1) is 0 Å². The summed E-state index contributed by atoms with van der Waals surface area (Å²) in [6.07, 6.45) is -10.5. The van der Waals surface area contributed by atoms with Crippen LogP contribution in [0.3, 0.4) is 0 Å². The predicted octanol–water partition coefficient (Wildman–Crippen LogP) is -1.04. The second-order valence-corrected chi connectivity index (χ2v) is 7.91. The van der Waals surface area contributed by atoms with E-state index in [1.807, 2.05) is 0 Å². The van der Waals surface area contributed by atoms with Crippen LogP contribution in [0, 0.1) is 0 Å². The molecule has 0 aromatic heterocycles. The maximum absolute atomic E-state index is 12.9. The monoisotopic (exact) mass is 480 g/mol. The van der Waals surface area contributed by atoms with Crippen molar-refractivity contribution in [3.63, 3.8) is 0 Å². The van der Waals surface area contributed by atoms with Crippen LogP contribution >= 0.6 is 0 Å². The third-order valence-electron chi connectivity index (χ3n) is 5.74. The summed E-state index contributed by atoms with van der Waals surface area (Å²) >= 11 is 0. The van der Waals surface area contributed by atoms with E-state index in [1.54, 1.807) is 0 Å². The van der Waals surface area contributed by atoms with Gasteiger partial charge in [0.2, 0.25) is 12.1 Å². The highest BCUT2D eigenvalue weighted by Gasteiger charge is 2.45. The van der Waals surface area contributed by atoms with Gasteiger partial charge in [0.05, 0.1) is 13.7 Å².